The molecule has 3 unspecified atom stereocenters. The van der Waals surface area contributed by atoms with Gasteiger partial charge in [-0.25, -0.2) is 4.90 Å². The Kier molecular flexibility index (Phi) is 5.25. The Morgan fingerprint density at radius 2 is 1.55 bits per heavy atom. The number of rotatable bonds is 5. The van der Waals surface area contributed by atoms with Crippen LogP contribution in [0.5, 0.6) is 5.75 Å². The third kappa shape index (κ3) is 3.10. The number of nitro groups is 1. The number of fused-ring (bicyclic) bond motifs is 3. The molecule has 6 rings (SSSR count). The highest BCUT2D eigenvalue weighted by Crippen LogP contribution is 2.51. The lowest BCUT2D eigenvalue weighted by Crippen LogP contribution is -2.59. The van der Waals surface area contributed by atoms with Gasteiger partial charge in [-0.05, 0) is 24.1 Å². The number of nitrogens with one attached hydrogen (secondary N) is 1. The predicted octanol–water partition coefficient (Wildman–Crippen LogP) is 2.74. The Morgan fingerprint density at radius 1 is 0.921 bits per heavy atom. The van der Waals surface area contributed by atoms with Crippen LogP contribution in [0.15, 0.2) is 72.8 Å². The zero-order valence-electron chi connectivity index (χ0n) is 20.1. The molecule has 2 amide bonds. The summed E-state index contributed by atoms with van der Waals surface area (Å²) in [4.78, 5) is 67.6. The van der Waals surface area contributed by atoms with Crippen molar-refractivity contribution in [1.82, 2.24) is 5.32 Å². The van der Waals surface area contributed by atoms with E-state index in [2.05, 4.69) is 5.32 Å². The second kappa shape index (κ2) is 8.42. The number of ketones is 2. The predicted molar refractivity (Wildman–Crippen MR) is 134 cm³/mol. The Balaban J connectivity index is 1.51. The average Bonchev–Trinajstić information content (AvgIpc) is 3.48. The van der Waals surface area contributed by atoms with Gasteiger partial charge in [0.2, 0.25) is 11.8 Å². The zero-order valence-corrected chi connectivity index (χ0v) is 20.1. The fraction of sp³-hybridized carbons (Fsp3) is 0.214. The lowest BCUT2D eigenvalue weighted by atomic mass is 9.76. The van der Waals surface area contributed by atoms with Gasteiger partial charge in [-0.3, -0.25) is 34.6 Å². The smallest absolute Gasteiger partial charge is 0.297 e. The molecule has 10 heteroatoms. The van der Waals surface area contributed by atoms with E-state index in [0.29, 0.717) is 0 Å². The van der Waals surface area contributed by atoms with Crippen LogP contribution in [0.4, 0.5) is 11.4 Å². The van der Waals surface area contributed by atoms with E-state index in [4.69, 9.17) is 4.74 Å². The van der Waals surface area contributed by atoms with E-state index in [0.717, 1.165) is 16.5 Å². The Labute approximate surface area is 216 Å². The number of hydrogen-bond donors (Lipinski definition) is 1. The Hall–Kier alpha value is -4.70. The molecule has 10 nitrogen and oxygen atoms in total. The van der Waals surface area contributed by atoms with E-state index in [-0.39, 0.29) is 29.0 Å². The molecule has 0 radical (unpaired) electrons. The van der Waals surface area contributed by atoms with E-state index in [1.807, 2.05) is 30.3 Å². The SMILES string of the molecule is COc1ccc(N2C(=O)C3C(Cc4ccccc4)NC4(C(=O)c5ccccc5C4=O)C3C2=O)c([N+](=O)[O-])c1. The molecular formula is C28H21N3O7. The molecule has 1 aliphatic carbocycles. The summed E-state index contributed by atoms with van der Waals surface area (Å²) in [6, 6.07) is 18.6. The van der Waals surface area contributed by atoms with Gasteiger partial charge < -0.3 is 4.74 Å². The first-order valence-corrected chi connectivity index (χ1v) is 12.0. The normalized spacial score (nSPS) is 23.2. The topological polar surface area (TPSA) is 136 Å². The number of anilines is 1. The van der Waals surface area contributed by atoms with Crippen LogP contribution in [-0.4, -0.2) is 47.0 Å². The van der Waals surface area contributed by atoms with Crippen molar-refractivity contribution in [2.45, 2.75) is 18.0 Å². The number of nitro benzene ring substituents is 1. The van der Waals surface area contributed by atoms with E-state index in [1.165, 1.54) is 31.4 Å². The molecule has 1 spiro atoms. The molecule has 0 saturated carbocycles. The molecule has 2 fully saturated rings. The first-order valence-electron chi connectivity index (χ1n) is 12.0. The first-order chi connectivity index (χ1) is 18.3. The number of nitrogens with zero attached hydrogens (tertiary/aromatic N) is 2. The van der Waals surface area contributed by atoms with Crippen LogP contribution in [0.2, 0.25) is 0 Å². The maximum Gasteiger partial charge on any atom is 0.297 e. The van der Waals surface area contributed by atoms with Crippen LogP contribution in [-0.2, 0) is 16.0 Å². The van der Waals surface area contributed by atoms with E-state index >= 15 is 0 Å². The number of imide groups is 1. The number of ether oxygens (including phenoxy) is 1. The van der Waals surface area contributed by atoms with Crippen LogP contribution < -0.4 is 15.0 Å². The van der Waals surface area contributed by atoms with Crippen LogP contribution >= 0.6 is 0 Å². The summed E-state index contributed by atoms with van der Waals surface area (Å²) >= 11 is 0. The van der Waals surface area contributed by atoms with Crippen molar-refractivity contribution >= 4 is 34.8 Å². The van der Waals surface area contributed by atoms with Gasteiger partial charge in [0.15, 0.2) is 17.1 Å². The summed E-state index contributed by atoms with van der Waals surface area (Å²) in [5.41, 5.74) is -1.51. The summed E-state index contributed by atoms with van der Waals surface area (Å²) < 4.78 is 5.08. The van der Waals surface area contributed by atoms with Crippen LogP contribution in [0.25, 0.3) is 0 Å². The van der Waals surface area contributed by atoms with Crippen molar-refractivity contribution in [2.75, 3.05) is 12.0 Å². The monoisotopic (exact) mass is 511 g/mol. The maximum atomic E-state index is 14.0. The van der Waals surface area contributed by atoms with E-state index in [1.54, 1.807) is 12.1 Å². The molecule has 2 heterocycles. The minimum atomic E-state index is -1.98. The third-order valence-electron chi connectivity index (χ3n) is 7.72. The second-order valence-electron chi connectivity index (χ2n) is 9.58. The second-order valence-corrected chi connectivity index (χ2v) is 9.58. The molecule has 0 aromatic heterocycles. The van der Waals surface area contributed by atoms with Gasteiger partial charge in [0, 0.05) is 17.2 Å². The van der Waals surface area contributed by atoms with Gasteiger partial charge in [-0.1, -0.05) is 54.6 Å². The van der Waals surface area contributed by atoms with E-state index < -0.39 is 57.4 Å². The summed E-state index contributed by atoms with van der Waals surface area (Å²) in [6.07, 6.45) is 0.262. The van der Waals surface area contributed by atoms with Crippen molar-refractivity contribution in [3.63, 3.8) is 0 Å². The summed E-state index contributed by atoms with van der Waals surface area (Å²) in [6.45, 7) is 0. The highest BCUT2D eigenvalue weighted by molar-refractivity contribution is 6.38. The number of carbonyl (C=O) groups excluding carboxylic acids is 4. The number of benzene rings is 3. The molecule has 3 atom stereocenters. The van der Waals surface area contributed by atoms with Crippen molar-refractivity contribution in [3.05, 3.63) is 99.6 Å². The number of methoxy groups -OCH3 is 1. The lowest BCUT2D eigenvalue weighted by Gasteiger charge is -2.28. The third-order valence-corrected chi connectivity index (χ3v) is 7.72. The van der Waals surface area contributed by atoms with Crippen molar-refractivity contribution in [3.8, 4) is 5.75 Å². The molecule has 190 valence electrons. The minimum absolute atomic E-state index is 0.177. The molecule has 2 aliphatic heterocycles. The number of carbonyl (C=O) groups is 4. The van der Waals surface area contributed by atoms with Crippen molar-refractivity contribution in [2.24, 2.45) is 11.8 Å². The number of amides is 2. The molecule has 3 aromatic rings. The van der Waals surface area contributed by atoms with Crippen molar-refractivity contribution < 1.29 is 28.8 Å². The molecule has 2 saturated heterocycles. The van der Waals surface area contributed by atoms with Gasteiger partial charge in [0.05, 0.1) is 29.9 Å². The van der Waals surface area contributed by atoms with Crippen LogP contribution in [0.1, 0.15) is 26.3 Å². The molecular weight excluding hydrogens is 490 g/mol. The summed E-state index contributed by atoms with van der Waals surface area (Å²) in [5, 5.41) is 15.0. The lowest BCUT2D eigenvalue weighted by molar-refractivity contribution is -0.384. The quantitative estimate of drug-likeness (QED) is 0.239. The van der Waals surface area contributed by atoms with Gasteiger partial charge in [-0.15, -0.1) is 0 Å². The standard InChI is InChI=1S/C28H21N3O7/c1-38-16-11-12-20(21(14-16)31(36)37)30-26(34)22-19(13-15-7-3-2-4-8-15)29-28(23(22)27(30)35)24(32)17-9-5-6-10-18(17)25(28)33/h2-12,14,19,22-23,29H,13H2,1H3. The first kappa shape index (κ1) is 23.7. The molecule has 1 N–H and O–H groups in total. The molecule has 0 bridgehead atoms. The fourth-order valence-corrected chi connectivity index (χ4v) is 6.09. The fourth-order valence-electron chi connectivity index (χ4n) is 6.09. The van der Waals surface area contributed by atoms with Gasteiger partial charge in [0.1, 0.15) is 11.4 Å². The number of Topliss-reactive ketones (excluding diaryl/α,β-unsaturated/α-hetero) is 2. The van der Waals surface area contributed by atoms with Crippen LogP contribution in [0.3, 0.4) is 0 Å². The van der Waals surface area contributed by atoms with E-state index in [9.17, 15) is 29.3 Å². The summed E-state index contributed by atoms with van der Waals surface area (Å²) in [7, 11) is 1.34. The van der Waals surface area contributed by atoms with Crippen LogP contribution in [0, 0.1) is 22.0 Å². The van der Waals surface area contributed by atoms with Gasteiger partial charge in [-0.2, -0.15) is 0 Å². The molecule has 3 aromatic carbocycles. The largest absolute Gasteiger partial charge is 0.496 e. The minimum Gasteiger partial charge on any atom is -0.496 e. The highest BCUT2D eigenvalue weighted by Gasteiger charge is 2.73. The Morgan fingerprint density at radius 3 is 2.16 bits per heavy atom. The van der Waals surface area contributed by atoms with Gasteiger partial charge in [0.25, 0.3) is 5.69 Å². The van der Waals surface area contributed by atoms with Crippen molar-refractivity contribution in [1.29, 1.82) is 0 Å². The zero-order chi connectivity index (χ0) is 26.8. The maximum absolute atomic E-state index is 14.0. The average molecular weight is 511 g/mol. The summed E-state index contributed by atoms with van der Waals surface area (Å²) in [5.74, 6) is -4.95. The number of hydrogen-bond acceptors (Lipinski definition) is 8. The molecule has 3 aliphatic rings. The highest BCUT2D eigenvalue weighted by atomic mass is 16.6. The Bertz CT molecular complexity index is 1520. The van der Waals surface area contributed by atoms with Gasteiger partial charge >= 0.3 is 0 Å². The molecule has 38 heavy (non-hydrogen) atoms.